The number of nitrogens with one attached hydrogen (secondary N) is 1. The van der Waals surface area contributed by atoms with Crippen LogP contribution in [0.2, 0.25) is 0 Å². The van der Waals surface area contributed by atoms with Crippen LogP contribution >= 0.6 is 0 Å². The summed E-state index contributed by atoms with van der Waals surface area (Å²) in [6.45, 7) is 3.97. The molecular formula is C17H19NO5. The first-order valence-corrected chi connectivity index (χ1v) is 7.20. The minimum atomic E-state index is -1.21. The molecule has 0 bridgehead atoms. The number of carboxylic acid groups (broad SMARTS) is 1. The van der Waals surface area contributed by atoms with Crippen LogP contribution in [-0.2, 0) is 0 Å². The number of methoxy groups -OCH3 is 1. The SMILES string of the molecule is COc1ccc(C(NC(=O)c2ccc(C(=O)O)o2)C(C)C)cc1. The van der Waals surface area contributed by atoms with Crippen molar-refractivity contribution >= 4 is 11.9 Å². The molecule has 0 spiro atoms. The molecule has 0 radical (unpaired) electrons. The highest BCUT2D eigenvalue weighted by molar-refractivity contribution is 5.93. The van der Waals surface area contributed by atoms with Gasteiger partial charge in [0.15, 0.2) is 5.76 Å². The Labute approximate surface area is 134 Å². The molecule has 23 heavy (non-hydrogen) atoms. The summed E-state index contributed by atoms with van der Waals surface area (Å²) in [5, 5.41) is 11.7. The summed E-state index contributed by atoms with van der Waals surface area (Å²) >= 11 is 0. The predicted molar refractivity (Wildman–Crippen MR) is 83.7 cm³/mol. The number of carbonyl (C=O) groups excluding carboxylic acids is 1. The normalized spacial score (nSPS) is 12.0. The zero-order chi connectivity index (χ0) is 17.0. The second-order valence-corrected chi connectivity index (χ2v) is 5.44. The van der Waals surface area contributed by atoms with Crippen molar-refractivity contribution in [1.82, 2.24) is 5.32 Å². The van der Waals surface area contributed by atoms with E-state index in [2.05, 4.69) is 5.32 Å². The molecule has 1 aromatic carbocycles. The number of carboxylic acids is 1. The summed E-state index contributed by atoms with van der Waals surface area (Å²) in [6, 6.07) is 9.80. The molecule has 1 atom stereocenters. The van der Waals surface area contributed by atoms with E-state index in [1.165, 1.54) is 12.1 Å². The first kappa shape index (κ1) is 16.6. The highest BCUT2D eigenvalue weighted by Gasteiger charge is 2.22. The maximum Gasteiger partial charge on any atom is 0.371 e. The standard InChI is InChI=1S/C17H19NO5/c1-10(2)15(11-4-6-12(22-3)7-5-11)18-16(19)13-8-9-14(23-13)17(20)21/h4-10,15H,1-3H3,(H,18,19)(H,20,21). The first-order chi connectivity index (χ1) is 10.9. The molecule has 0 aliphatic rings. The minimum absolute atomic E-state index is 0.0263. The Kier molecular flexibility index (Phi) is 5.05. The summed E-state index contributed by atoms with van der Waals surface area (Å²) < 4.78 is 10.2. The van der Waals surface area contributed by atoms with E-state index in [4.69, 9.17) is 14.3 Å². The second-order valence-electron chi connectivity index (χ2n) is 5.44. The molecule has 1 amide bonds. The van der Waals surface area contributed by atoms with Crippen LogP contribution in [0.25, 0.3) is 0 Å². The molecule has 2 aromatic rings. The topological polar surface area (TPSA) is 88.8 Å². The second kappa shape index (κ2) is 7.00. The van der Waals surface area contributed by atoms with Gasteiger partial charge in [-0.15, -0.1) is 0 Å². The van der Waals surface area contributed by atoms with Crippen molar-refractivity contribution in [2.24, 2.45) is 5.92 Å². The van der Waals surface area contributed by atoms with E-state index in [9.17, 15) is 9.59 Å². The smallest absolute Gasteiger partial charge is 0.371 e. The van der Waals surface area contributed by atoms with Crippen molar-refractivity contribution in [1.29, 1.82) is 0 Å². The van der Waals surface area contributed by atoms with Crippen LogP contribution in [0.4, 0.5) is 0 Å². The van der Waals surface area contributed by atoms with Crippen molar-refractivity contribution < 1.29 is 23.8 Å². The molecular weight excluding hydrogens is 298 g/mol. The number of hydrogen-bond donors (Lipinski definition) is 2. The summed E-state index contributed by atoms with van der Waals surface area (Å²) in [7, 11) is 1.59. The van der Waals surface area contributed by atoms with Crippen LogP contribution < -0.4 is 10.1 Å². The summed E-state index contributed by atoms with van der Waals surface area (Å²) in [5.41, 5.74) is 0.930. The molecule has 1 aromatic heterocycles. The third-order valence-corrected chi connectivity index (χ3v) is 3.47. The average Bonchev–Trinajstić information content (AvgIpc) is 3.02. The zero-order valence-electron chi connectivity index (χ0n) is 13.2. The lowest BCUT2D eigenvalue weighted by molar-refractivity contribution is 0.0659. The van der Waals surface area contributed by atoms with Gasteiger partial charge in [0.25, 0.3) is 5.91 Å². The van der Waals surface area contributed by atoms with Gasteiger partial charge in [0.1, 0.15) is 5.75 Å². The Balaban J connectivity index is 2.17. The van der Waals surface area contributed by atoms with Crippen molar-refractivity contribution in [3.63, 3.8) is 0 Å². The van der Waals surface area contributed by atoms with E-state index in [1.807, 2.05) is 38.1 Å². The van der Waals surface area contributed by atoms with Crippen LogP contribution in [0.5, 0.6) is 5.75 Å². The van der Waals surface area contributed by atoms with E-state index in [-0.39, 0.29) is 23.5 Å². The van der Waals surface area contributed by atoms with Crippen molar-refractivity contribution in [3.8, 4) is 5.75 Å². The molecule has 6 nitrogen and oxygen atoms in total. The number of amides is 1. The molecule has 0 aliphatic heterocycles. The van der Waals surface area contributed by atoms with Crippen molar-refractivity contribution in [2.75, 3.05) is 7.11 Å². The summed E-state index contributed by atoms with van der Waals surface area (Å²) in [6.07, 6.45) is 0. The molecule has 6 heteroatoms. The monoisotopic (exact) mass is 317 g/mol. The van der Waals surface area contributed by atoms with Crippen molar-refractivity contribution in [2.45, 2.75) is 19.9 Å². The number of carbonyl (C=O) groups is 2. The number of hydrogen-bond acceptors (Lipinski definition) is 4. The molecule has 0 aliphatic carbocycles. The molecule has 0 fully saturated rings. The lowest BCUT2D eigenvalue weighted by Gasteiger charge is -2.22. The number of ether oxygens (including phenoxy) is 1. The quantitative estimate of drug-likeness (QED) is 0.854. The minimum Gasteiger partial charge on any atom is -0.497 e. The summed E-state index contributed by atoms with van der Waals surface area (Å²) in [4.78, 5) is 23.1. The van der Waals surface area contributed by atoms with Gasteiger partial charge in [-0.3, -0.25) is 4.79 Å². The fraction of sp³-hybridized carbons (Fsp3) is 0.294. The molecule has 0 saturated heterocycles. The van der Waals surface area contributed by atoms with E-state index < -0.39 is 11.9 Å². The van der Waals surface area contributed by atoms with Gasteiger partial charge in [0.05, 0.1) is 13.2 Å². The fourth-order valence-electron chi connectivity index (χ4n) is 2.23. The molecule has 2 N–H and O–H groups in total. The van der Waals surface area contributed by atoms with Crippen molar-refractivity contribution in [3.05, 3.63) is 53.5 Å². The molecule has 1 unspecified atom stereocenters. The Hall–Kier alpha value is -2.76. The van der Waals surface area contributed by atoms with Gasteiger partial charge < -0.3 is 19.6 Å². The van der Waals surface area contributed by atoms with E-state index in [0.717, 1.165) is 11.3 Å². The van der Waals surface area contributed by atoms with Crippen LogP contribution in [-0.4, -0.2) is 24.1 Å². The van der Waals surface area contributed by atoms with Crippen LogP contribution in [0, 0.1) is 5.92 Å². The zero-order valence-corrected chi connectivity index (χ0v) is 13.2. The van der Waals surface area contributed by atoms with E-state index >= 15 is 0 Å². The lowest BCUT2D eigenvalue weighted by Crippen LogP contribution is -2.31. The van der Waals surface area contributed by atoms with Crippen LogP contribution in [0.3, 0.4) is 0 Å². The lowest BCUT2D eigenvalue weighted by atomic mass is 9.96. The number of benzene rings is 1. The Morgan fingerprint density at radius 1 is 1.09 bits per heavy atom. The van der Waals surface area contributed by atoms with Crippen LogP contribution in [0.15, 0.2) is 40.8 Å². The largest absolute Gasteiger partial charge is 0.497 e. The van der Waals surface area contributed by atoms with Gasteiger partial charge >= 0.3 is 5.97 Å². The van der Waals surface area contributed by atoms with E-state index in [1.54, 1.807) is 7.11 Å². The van der Waals surface area contributed by atoms with Gasteiger partial charge in [-0.05, 0) is 35.7 Å². The molecule has 0 saturated carbocycles. The highest BCUT2D eigenvalue weighted by atomic mass is 16.5. The Morgan fingerprint density at radius 3 is 2.17 bits per heavy atom. The van der Waals surface area contributed by atoms with E-state index in [0.29, 0.717) is 0 Å². The van der Waals surface area contributed by atoms with Crippen LogP contribution in [0.1, 0.15) is 46.6 Å². The summed E-state index contributed by atoms with van der Waals surface area (Å²) in [5.74, 6) is -1.07. The third-order valence-electron chi connectivity index (χ3n) is 3.47. The van der Waals surface area contributed by atoms with Gasteiger partial charge in [-0.25, -0.2) is 4.79 Å². The third kappa shape index (κ3) is 3.91. The highest BCUT2D eigenvalue weighted by Crippen LogP contribution is 2.24. The Morgan fingerprint density at radius 2 is 1.70 bits per heavy atom. The van der Waals surface area contributed by atoms with Gasteiger partial charge in [0.2, 0.25) is 5.76 Å². The maximum absolute atomic E-state index is 12.3. The Bertz CT molecular complexity index is 687. The maximum atomic E-state index is 12.3. The molecule has 122 valence electrons. The number of furan rings is 1. The fourth-order valence-corrected chi connectivity index (χ4v) is 2.23. The van der Waals surface area contributed by atoms with Gasteiger partial charge in [0, 0.05) is 0 Å². The molecule has 2 rings (SSSR count). The number of aromatic carboxylic acids is 1. The molecule has 1 heterocycles. The van der Waals surface area contributed by atoms with Gasteiger partial charge in [-0.2, -0.15) is 0 Å². The predicted octanol–water partition coefficient (Wildman–Crippen LogP) is 3.11. The first-order valence-electron chi connectivity index (χ1n) is 7.20. The van der Waals surface area contributed by atoms with Gasteiger partial charge in [-0.1, -0.05) is 26.0 Å². The number of rotatable bonds is 6. The average molecular weight is 317 g/mol.